The van der Waals surface area contributed by atoms with Crippen LogP contribution >= 0.6 is 0 Å². The summed E-state index contributed by atoms with van der Waals surface area (Å²) < 4.78 is 2.48. The Morgan fingerprint density at radius 1 is 0.311 bits per heavy atom. The minimum Gasteiger partial charge on any atom is -0.310 e. The molecule has 0 radical (unpaired) electrons. The lowest BCUT2D eigenvalue weighted by atomic mass is 9.62. The van der Waals surface area contributed by atoms with Crippen molar-refractivity contribution in [1.82, 2.24) is 4.57 Å². The Morgan fingerprint density at radius 3 is 1.61 bits per heavy atom. The van der Waals surface area contributed by atoms with Gasteiger partial charge in [-0.3, -0.25) is 0 Å². The van der Waals surface area contributed by atoms with Gasteiger partial charge < -0.3 is 9.47 Å². The molecule has 2 aliphatic carbocycles. The number of nitrogens with zero attached hydrogens (tertiary/aromatic N) is 2. The minimum absolute atomic E-state index is 0.501. The van der Waals surface area contributed by atoms with Crippen LogP contribution in [0.4, 0.5) is 17.1 Å². The molecule has 0 saturated carbocycles. The first-order chi connectivity index (χ1) is 30.3. The fourth-order valence-electron chi connectivity index (χ4n) is 10.9. The molecule has 284 valence electrons. The number of hydrogen-bond donors (Lipinski definition) is 0. The van der Waals surface area contributed by atoms with Gasteiger partial charge in [0.15, 0.2) is 0 Å². The number of para-hydroxylation sites is 2. The number of anilines is 3. The van der Waals surface area contributed by atoms with Gasteiger partial charge in [-0.15, -0.1) is 0 Å². The fourth-order valence-corrected chi connectivity index (χ4v) is 10.9. The molecule has 0 aliphatic heterocycles. The molecule has 13 rings (SSSR count). The summed E-state index contributed by atoms with van der Waals surface area (Å²) in [6.45, 7) is 0. The number of aromatic nitrogens is 1. The molecule has 2 aliphatic rings. The monoisotopic (exact) mass is 774 g/mol. The summed E-state index contributed by atoms with van der Waals surface area (Å²) in [6.07, 6.45) is 0. The van der Waals surface area contributed by atoms with Crippen molar-refractivity contribution in [3.63, 3.8) is 0 Å². The summed E-state index contributed by atoms with van der Waals surface area (Å²) in [7, 11) is 0. The Balaban J connectivity index is 1.05. The molecule has 10 aromatic carbocycles. The van der Waals surface area contributed by atoms with Crippen LogP contribution in [0.25, 0.3) is 71.6 Å². The van der Waals surface area contributed by atoms with E-state index in [2.05, 4.69) is 240 Å². The zero-order chi connectivity index (χ0) is 40.1. The molecule has 2 nitrogen and oxygen atoms in total. The summed E-state index contributed by atoms with van der Waals surface area (Å²) >= 11 is 0. The van der Waals surface area contributed by atoms with Gasteiger partial charge in [-0.2, -0.15) is 0 Å². The molecule has 2 heteroatoms. The van der Waals surface area contributed by atoms with Gasteiger partial charge in [0.25, 0.3) is 0 Å². The van der Waals surface area contributed by atoms with Crippen LogP contribution in [0, 0.1) is 0 Å². The Kier molecular flexibility index (Phi) is 7.26. The lowest BCUT2D eigenvalue weighted by Gasteiger charge is -2.38. The topological polar surface area (TPSA) is 8.17 Å². The standard InChI is InChI=1S/C59H38N2/c1-4-16-39(17-5-1)41-18-14-23-47(37-41)60(44-19-6-2-7-20-44)46-33-30-40(31-34-46)43-36-42-32-35-55-58-56(42)53(38-43)59(50-26-12-10-24-48(50)49-25-11-13-27-51(49)59)52-28-15-29-54(57(52)58)61(55)45-21-8-3-9-22-45/h1-38H. The fraction of sp³-hybridized carbons (Fsp3) is 0.0169. The van der Waals surface area contributed by atoms with Crippen LogP contribution in [0.2, 0.25) is 0 Å². The van der Waals surface area contributed by atoms with E-state index in [0.717, 1.165) is 17.1 Å². The average molecular weight is 775 g/mol. The number of hydrogen-bond acceptors (Lipinski definition) is 1. The Hall–Kier alpha value is -7.94. The molecule has 0 unspecified atom stereocenters. The highest BCUT2D eigenvalue weighted by atomic mass is 15.1. The van der Waals surface area contributed by atoms with Gasteiger partial charge in [0.2, 0.25) is 0 Å². The van der Waals surface area contributed by atoms with Crippen LogP contribution in [0.1, 0.15) is 22.3 Å². The summed E-state index contributed by atoms with van der Waals surface area (Å²) in [5.41, 5.74) is 19.3. The van der Waals surface area contributed by atoms with Crippen molar-refractivity contribution in [3.05, 3.63) is 253 Å². The van der Waals surface area contributed by atoms with E-state index in [1.54, 1.807) is 0 Å². The Morgan fingerprint density at radius 2 is 0.869 bits per heavy atom. The maximum Gasteiger partial charge on any atom is 0.0726 e. The number of fused-ring (bicyclic) bond motifs is 7. The van der Waals surface area contributed by atoms with Crippen LogP contribution < -0.4 is 4.90 Å². The SMILES string of the molecule is c1ccc(-c2cccc(N(c3ccccc3)c3ccc(-c4cc5c6c(ccc7c6c6c(cccc6n7-c6ccccc6)C56c5ccccc5-c5ccccc56)c4)cc3)c2)cc1. The predicted octanol–water partition coefficient (Wildman–Crippen LogP) is 15.4. The summed E-state index contributed by atoms with van der Waals surface area (Å²) in [5.74, 6) is 0. The van der Waals surface area contributed by atoms with Gasteiger partial charge in [-0.25, -0.2) is 0 Å². The van der Waals surface area contributed by atoms with E-state index in [0.29, 0.717) is 0 Å². The summed E-state index contributed by atoms with van der Waals surface area (Å²) in [5, 5.41) is 5.29. The summed E-state index contributed by atoms with van der Waals surface area (Å²) in [6, 6.07) is 85.1. The molecule has 1 heterocycles. The highest BCUT2D eigenvalue weighted by molar-refractivity contribution is 6.27. The molecule has 0 fully saturated rings. The van der Waals surface area contributed by atoms with Gasteiger partial charge in [0.05, 0.1) is 16.4 Å². The molecular formula is C59H38N2. The maximum absolute atomic E-state index is 2.52. The van der Waals surface area contributed by atoms with Crippen LogP contribution in [0.15, 0.2) is 231 Å². The van der Waals surface area contributed by atoms with E-state index in [-0.39, 0.29) is 0 Å². The van der Waals surface area contributed by atoms with E-state index < -0.39 is 5.41 Å². The third-order valence-corrected chi connectivity index (χ3v) is 13.3. The molecule has 0 atom stereocenters. The predicted molar refractivity (Wildman–Crippen MR) is 255 cm³/mol. The van der Waals surface area contributed by atoms with E-state index in [9.17, 15) is 0 Å². The van der Waals surface area contributed by atoms with Crippen molar-refractivity contribution in [3.8, 4) is 39.1 Å². The van der Waals surface area contributed by atoms with Crippen molar-refractivity contribution in [2.75, 3.05) is 4.90 Å². The second-order valence-electron chi connectivity index (χ2n) is 16.4. The molecular weight excluding hydrogens is 737 g/mol. The van der Waals surface area contributed by atoms with Crippen molar-refractivity contribution in [2.45, 2.75) is 5.41 Å². The van der Waals surface area contributed by atoms with Gasteiger partial charge in [-0.05, 0) is 139 Å². The Labute approximate surface area is 354 Å². The van der Waals surface area contributed by atoms with Gasteiger partial charge in [0.1, 0.15) is 0 Å². The second-order valence-corrected chi connectivity index (χ2v) is 16.4. The maximum atomic E-state index is 2.52. The number of rotatable bonds is 6. The Bertz CT molecular complexity index is 3460. The summed E-state index contributed by atoms with van der Waals surface area (Å²) in [4.78, 5) is 2.36. The van der Waals surface area contributed by atoms with E-state index in [4.69, 9.17) is 0 Å². The zero-order valence-corrected chi connectivity index (χ0v) is 33.3. The number of benzene rings is 10. The van der Waals surface area contributed by atoms with Crippen LogP contribution in [-0.4, -0.2) is 4.57 Å². The lowest BCUT2D eigenvalue weighted by Crippen LogP contribution is -2.30. The molecule has 1 spiro atoms. The quantitative estimate of drug-likeness (QED) is 0.163. The first-order valence-corrected chi connectivity index (χ1v) is 21.2. The van der Waals surface area contributed by atoms with Crippen LogP contribution in [-0.2, 0) is 5.41 Å². The molecule has 1 aromatic heterocycles. The molecule has 0 saturated heterocycles. The molecule has 0 N–H and O–H groups in total. The third kappa shape index (κ3) is 4.79. The van der Waals surface area contributed by atoms with Gasteiger partial charge in [-0.1, -0.05) is 158 Å². The highest BCUT2D eigenvalue weighted by Crippen LogP contribution is 2.62. The van der Waals surface area contributed by atoms with Crippen molar-refractivity contribution in [1.29, 1.82) is 0 Å². The molecule has 61 heavy (non-hydrogen) atoms. The normalized spacial score (nSPS) is 13.0. The van der Waals surface area contributed by atoms with Crippen LogP contribution in [0.3, 0.4) is 0 Å². The smallest absolute Gasteiger partial charge is 0.0726 e. The average Bonchev–Trinajstić information content (AvgIpc) is 3.83. The molecule has 11 aromatic rings. The van der Waals surface area contributed by atoms with Crippen molar-refractivity contribution >= 4 is 49.6 Å². The third-order valence-electron chi connectivity index (χ3n) is 13.3. The lowest BCUT2D eigenvalue weighted by molar-refractivity contribution is 0.783. The minimum atomic E-state index is -0.501. The molecule has 0 amide bonds. The van der Waals surface area contributed by atoms with Crippen molar-refractivity contribution in [2.24, 2.45) is 0 Å². The van der Waals surface area contributed by atoms with E-state index >= 15 is 0 Å². The highest BCUT2D eigenvalue weighted by Gasteiger charge is 2.50. The largest absolute Gasteiger partial charge is 0.310 e. The van der Waals surface area contributed by atoms with Crippen LogP contribution in [0.5, 0.6) is 0 Å². The van der Waals surface area contributed by atoms with E-state index in [1.165, 1.54) is 93.9 Å². The van der Waals surface area contributed by atoms with Gasteiger partial charge >= 0.3 is 0 Å². The first-order valence-electron chi connectivity index (χ1n) is 21.2. The van der Waals surface area contributed by atoms with E-state index in [1.807, 2.05) is 0 Å². The second kappa shape index (κ2) is 13.0. The first kappa shape index (κ1) is 34.0. The zero-order valence-electron chi connectivity index (χ0n) is 33.3. The molecule has 0 bridgehead atoms. The van der Waals surface area contributed by atoms with Gasteiger partial charge in [0, 0.05) is 33.5 Å². The van der Waals surface area contributed by atoms with Crippen molar-refractivity contribution < 1.29 is 0 Å².